The Labute approximate surface area is 191 Å². The fourth-order valence-corrected chi connectivity index (χ4v) is 4.12. The molecule has 11 heteroatoms. The minimum Gasteiger partial charge on any atom is -0.332 e. The fourth-order valence-electron chi connectivity index (χ4n) is 4.12. The highest BCUT2D eigenvalue weighted by Crippen LogP contribution is 2.24. The topological polar surface area (TPSA) is 86.4 Å². The van der Waals surface area contributed by atoms with Crippen LogP contribution in [0.15, 0.2) is 47.3 Å². The number of halogens is 4. The van der Waals surface area contributed by atoms with E-state index in [1.54, 1.807) is 24.3 Å². The highest BCUT2D eigenvalue weighted by Gasteiger charge is 2.44. The lowest BCUT2D eigenvalue weighted by Crippen LogP contribution is -2.57. The summed E-state index contributed by atoms with van der Waals surface area (Å²) in [5.41, 5.74) is 0.529. The van der Waals surface area contributed by atoms with Gasteiger partial charge in [0, 0.05) is 37.5 Å². The summed E-state index contributed by atoms with van der Waals surface area (Å²) in [6, 6.07) is 10.2. The van der Waals surface area contributed by atoms with Crippen LogP contribution in [0.3, 0.4) is 0 Å². The van der Waals surface area contributed by atoms with Gasteiger partial charge in [-0.05, 0) is 30.7 Å². The van der Waals surface area contributed by atoms with Gasteiger partial charge in [-0.1, -0.05) is 24.3 Å². The van der Waals surface area contributed by atoms with Gasteiger partial charge in [0.15, 0.2) is 0 Å². The number of nitrogens with zero attached hydrogens (tertiary/aromatic N) is 3. The van der Waals surface area contributed by atoms with Crippen molar-refractivity contribution < 1.29 is 27.2 Å². The van der Waals surface area contributed by atoms with Crippen molar-refractivity contribution in [2.45, 2.75) is 25.6 Å². The van der Waals surface area contributed by atoms with Crippen LogP contribution in [0.4, 0.5) is 17.6 Å². The normalized spacial score (nSPS) is 16.7. The van der Waals surface area contributed by atoms with Crippen molar-refractivity contribution in [3.8, 4) is 0 Å². The number of H-pyrrole nitrogens is 1. The van der Waals surface area contributed by atoms with Gasteiger partial charge in [0.2, 0.25) is 0 Å². The molecule has 0 unspecified atom stereocenters. The lowest BCUT2D eigenvalue weighted by molar-refractivity contribution is -0.187. The van der Waals surface area contributed by atoms with Crippen LogP contribution in [0.1, 0.15) is 28.5 Å². The smallest absolute Gasteiger partial charge is 0.332 e. The fraction of sp³-hybridized carbons (Fsp3) is 0.304. The highest BCUT2D eigenvalue weighted by molar-refractivity contribution is 5.95. The second kappa shape index (κ2) is 8.88. The number of aromatic nitrogens is 2. The molecule has 0 radical (unpaired) electrons. The maximum atomic E-state index is 14.6. The van der Waals surface area contributed by atoms with Crippen LogP contribution in [-0.2, 0) is 11.2 Å². The molecule has 0 saturated carbocycles. The number of hydrogen-bond donors (Lipinski definition) is 1. The molecule has 0 spiro atoms. The molecule has 178 valence electrons. The van der Waals surface area contributed by atoms with Crippen LogP contribution >= 0.6 is 0 Å². The first kappa shape index (κ1) is 23.4. The van der Waals surface area contributed by atoms with E-state index < -0.39 is 29.8 Å². The van der Waals surface area contributed by atoms with E-state index in [-0.39, 0.29) is 37.2 Å². The average Bonchev–Trinajstić information content (AvgIpc) is 2.80. The van der Waals surface area contributed by atoms with E-state index in [2.05, 4.69) is 10.2 Å². The molecule has 2 amide bonds. The van der Waals surface area contributed by atoms with Crippen LogP contribution in [0.2, 0.25) is 0 Å². The molecule has 0 aliphatic carbocycles. The summed E-state index contributed by atoms with van der Waals surface area (Å²) < 4.78 is 52.8. The van der Waals surface area contributed by atoms with Gasteiger partial charge in [-0.25, -0.2) is 9.49 Å². The Morgan fingerprint density at radius 3 is 2.50 bits per heavy atom. The molecule has 2 aromatic carbocycles. The zero-order valence-corrected chi connectivity index (χ0v) is 18.0. The number of carbonyl (C=O) groups excluding carboxylic acids is 2. The molecule has 1 atom stereocenters. The van der Waals surface area contributed by atoms with Gasteiger partial charge >= 0.3 is 12.1 Å². The van der Waals surface area contributed by atoms with E-state index >= 15 is 0 Å². The zero-order valence-electron chi connectivity index (χ0n) is 18.0. The van der Waals surface area contributed by atoms with E-state index in [1.807, 2.05) is 0 Å². The largest absolute Gasteiger partial charge is 0.471 e. The maximum absolute atomic E-state index is 14.6. The Bertz CT molecular complexity index is 1320. The Balaban J connectivity index is 1.56. The number of amides is 2. The first-order valence-corrected chi connectivity index (χ1v) is 10.5. The van der Waals surface area contributed by atoms with Crippen LogP contribution < -0.4 is 5.56 Å². The Hall–Kier alpha value is -3.76. The average molecular weight is 476 g/mol. The van der Waals surface area contributed by atoms with E-state index in [0.29, 0.717) is 26.9 Å². The van der Waals surface area contributed by atoms with Crippen LogP contribution in [0.5, 0.6) is 0 Å². The standard InChI is InChI=1S/C23H20F4N4O3/c1-13-12-30(22(34)23(25,26)27)8-9-31(13)21(33)17-10-14(6-7-18(17)24)11-19-15-4-2-3-5-16(15)20(32)29-28-19/h2-7,10,13H,8-9,11-12H2,1H3,(H,29,32)/t13-/m0/s1. The Morgan fingerprint density at radius 2 is 1.82 bits per heavy atom. The van der Waals surface area contributed by atoms with Gasteiger partial charge in [0.05, 0.1) is 16.6 Å². The number of rotatable bonds is 3. The molecule has 1 aliphatic heterocycles. The SMILES string of the molecule is C[C@H]1CN(C(=O)C(F)(F)F)CCN1C(=O)c1cc(Cc2n[nH]c(=O)c3ccccc23)ccc1F. The number of aromatic amines is 1. The molecule has 1 N–H and O–H groups in total. The Morgan fingerprint density at radius 1 is 1.12 bits per heavy atom. The first-order chi connectivity index (χ1) is 16.1. The minimum absolute atomic E-state index is 0.155. The van der Waals surface area contributed by atoms with Crippen molar-refractivity contribution in [2.24, 2.45) is 0 Å². The molecule has 3 aromatic rings. The molecule has 34 heavy (non-hydrogen) atoms. The highest BCUT2D eigenvalue weighted by atomic mass is 19.4. The predicted molar refractivity (Wildman–Crippen MR) is 115 cm³/mol. The van der Waals surface area contributed by atoms with Gasteiger partial charge in [0.1, 0.15) is 5.82 Å². The molecule has 1 aliphatic rings. The number of fused-ring (bicyclic) bond motifs is 1. The third-order valence-electron chi connectivity index (χ3n) is 5.83. The predicted octanol–water partition coefficient (Wildman–Crippen LogP) is 2.89. The molecular weight excluding hydrogens is 456 g/mol. The number of carbonyl (C=O) groups is 2. The monoisotopic (exact) mass is 476 g/mol. The van der Waals surface area contributed by atoms with Gasteiger partial charge < -0.3 is 9.80 Å². The summed E-state index contributed by atoms with van der Waals surface area (Å²) in [5, 5.41) is 7.59. The maximum Gasteiger partial charge on any atom is 0.471 e. The number of alkyl halides is 3. The summed E-state index contributed by atoms with van der Waals surface area (Å²) in [7, 11) is 0. The summed E-state index contributed by atoms with van der Waals surface area (Å²) in [4.78, 5) is 38.5. The lowest BCUT2D eigenvalue weighted by atomic mass is 10.0. The molecule has 0 bridgehead atoms. The number of benzene rings is 2. The van der Waals surface area contributed by atoms with E-state index in [4.69, 9.17) is 0 Å². The lowest BCUT2D eigenvalue weighted by Gasteiger charge is -2.40. The number of hydrogen-bond acceptors (Lipinski definition) is 4. The molecule has 1 aromatic heterocycles. The van der Waals surface area contributed by atoms with Crippen molar-refractivity contribution in [3.63, 3.8) is 0 Å². The van der Waals surface area contributed by atoms with Crippen molar-refractivity contribution in [1.82, 2.24) is 20.0 Å². The van der Waals surface area contributed by atoms with E-state index in [1.165, 1.54) is 24.0 Å². The quantitative estimate of drug-likeness (QED) is 0.589. The van der Waals surface area contributed by atoms with Crippen LogP contribution in [0, 0.1) is 5.82 Å². The molecular formula is C23H20F4N4O3. The zero-order chi connectivity index (χ0) is 24.6. The van der Waals surface area contributed by atoms with Crippen molar-refractivity contribution in [3.05, 3.63) is 75.5 Å². The minimum atomic E-state index is -4.99. The van der Waals surface area contributed by atoms with Gasteiger partial charge in [-0.15, -0.1) is 0 Å². The second-order valence-corrected chi connectivity index (χ2v) is 8.13. The van der Waals surface area contributed by atoms with Gasteiger partial charge in [0.25, 0.3) is 11.5 Å². The summed E-state index contributed by atoms with van der Waals surface area (Å²) in [5.74, 6) is -3.40. The van der Waals surface area contributed by atoms with Crippen molar-refractivity contribution >= 4 is 22.6 Å². The van der Waals surface area contributed by atoms with E-state index in [9.17, 15) is 31.9 Å². The number of nitrogens with one attached hydrogen (secondary N) is 1. The molecule has 1 saturated heterocycles. The summed E-state index contributed by atoms with van der Waals surface area (Å²) in [6.45, 7) is 0.741. The van der Waals surface area contributed by atoms with Gasteiger partial charge in [-0.3, -0.25) is 14.4 Å². The molecule has 2 heterocycles. The van der Waals surface area contributed by atoms with E-state index in [0.717, 1.165) is 6.07 Å². The van der Waals surface area contributed by atoms with Crippen LogP contribution in [-0.4, -0.2) is 63.7 Å². The van der Waals surface area contributed by atoms with Crippen molar-refractivity contribution in [2.75, 3.05) is 19.6 Å². The number of piperazine rings is 1. The molecule has 7 nitrogen and oxygen atoms in total. The molecule has 4 rings (SSSR count). The van der Waals surface area contributed by atoms with Crippen molar-refractivity contribution in [1.29, 1.82) is 0 Å². The second-order valence-electron chi connectivity index (χ2n) is 8.13. The first-order valence-electron chi connectivity index (χ1n) is 10.5. The van der Waals surface area contributed by atoms with Gasteiger partial charge in [-0.2, -0.15) is 18.3 Å². The summed E-state index contributed by atoms with van der Waals surface area (Å²) >= 11 is 0. The molecule has 1 fully saturated rings. The third-order valence-corrected chi connectivity index (χ3v) is 5.83. The third kappa shape index (κ3) is 4.50. The summed E-state index contributed by atoms with van der Waals surface area (Å²) in [6.07, 6.45) is -4.78. The Kier molecular flexibility index (Phi) is 6.11. The van der Waals surface area contributed by atoms with Crippen LogP contribution in [0.25, 0.3) is 10.8 Å².